The van der Waals surface area contributed by atoms with Crippen LogP contribution in [0.2, 0.25) is 5.02 Å². The second-order valence-corrected chi connectivity index (χ2v) is 5.41. The number of nitrogens with two attached hydrogens (primary N) is 1. The highest BCUT2D eigenvalue weighted by molar-refractivity contribution is 6.32. The molecule has 7 heteroatoms. The van der Waals surface area contributed by atoms with Gasteiger partial charge in [0.05, 0.1) is 13.7 Å². The van der Waals surface area contributed by atoms with Gasteiger partial charge < -0.3 is 10.5 Å². The summed E-state index contributed by atoms with van der Waals surface area (Å²) in [5.74, 6) is -2.29. The van der Waals surface area contributed by atoms with Crippen LogP contribution in [0.4, 0.5) is 8.78 Å². The van der Waals surface area contributed by atoms with E-state index in [1.54, 1.807) is 18.2 Å². The van der Waals surface area contributed by atoms with E-state index in [1.807, 2.05) is 0 Å². The van der Waals surface area contributed by atoms with E-state index in [9.17, 15) is 8.78 Å². The van der Waals surface area contributed by atoms with Gasteiger partial charge in [0.15, 0.2) is 0 Å². The van der Waals surface area contributed by atoms with E-state index in [1.165, 1.54) is 25.4 Å². The number of hydrogen-bond donors (Lipinski definition) is 1. The Morgan fingerprint density at radius 1 is 1.35 bits per heavy atom. The highest BCUT2D eigenvalue weighted by atomic mass is 35.5. The van der Waals surface area contributed by atoms with Gasteiger partial charge in [0.2, 0.25) is 5.88 Å². The fraction of sp³-hybridized carbons (Fsp3) is 0.250. The fourth-order valence-electron chi connectivity index (χ4n) is 1.89. The quantitative estimate of drug-likeness (QED) is 0.666. The molecule has 2 rings (SSSR count). The number of halogens is 3. The molecule has 1 aromatic heterocycles. The Balaban J connectivity index is 2.11. The molecule has 4 nitrogen and oxygen atoms in total. The van der Waals surface area contributed by atoms with Crippen molar-refractivity contribution in [1.29, 1.82) is 0 Å². The summed E-state index contributed by atoms with van der Waals surface area (Å²) in [4.78, 5) is 8.23. The third-order valence-corrected chi connectivity index (χ3v) is 3.46. The Bertz CT molecular complexity index is 712. The van der Waals surface area contributed by atoms with Crippen LogP contribution in [-0.2, 0) is 12.5 Å². The second kappa shape index (κ2) is 6.91. The van der Waals surface area contributed by atoms with Gasteiger partial charge in [0, 0.05) is 24.2 Å². The molecule has 122 valence electrons. The number of rotatable bonds is 5. The van der Waals surface area contributed by atoms with E-state index >= 15 is 0 Å². The summed E-state index contributed by atoms with van der Waals surface area (Å²) in [7, 11) is 1.47. The molecular weight excluding hydrogens is 324 g/mol. The molecule has 0 fully saturated rings. The Morgan fingerprint density at radius 3 is 2.52 bits per heavy atom. The van der Waals surface area contributed by atoms with Crippen LogP contribution >= 0.6 is 11.6 Å². The minimum Gasteiger partial charge on any atom is -0.480 e. The molecule has 0 aliphatic heterocycles. The van der Waals surface area contributed by atoms with Gasteiger partial charge in [-0.1, -0.05) is 35.9 Å². The largest absolute Gasteiger partial charge is 0.480 e. The number of methoxy groups -OCH3 is 1. The number of benzene rings is 1. The predicted octanol–water partition coefficient (Wildman–Crippen LogP) is 3.76. The lowest BCUT2D eigenvalue weighted by Crippen LogP contribution is -2.14. The molecule has 0 bridgehead atoms. The van der Waals surface area contributed by atoms with Crippen LogP contribution in [0.25, 0.3) is 0 Å². The minimum atomic E-state index is -2.85. The first kappa shape index (κ1) is 17.1. The first-order valence-corrected chi connectivity index (χ1v) is 7.16. The molecule has 2 aromatic rings. The summed E-state index contributed by atoms with van der Waals surface area (Å²) in [6, 6.07) is 7.57. The number of aliphatic imine (C=N–C) groups is 1. The zero-order chi connectivity index (χ0) is 17.0. The smallest absolute Gasteiger partial charge is 0.270 e. The maximum absolute atomic E-state index is 13.1. The molecule has 0 unspecified atom stereocenters. The molecule has 0 aliphatic carbocycles. The van der Waals surface area contributed by atoms with Crippen molar-refractivity contribution in [2.75, 3.05) is 7.11 Å². The van der Waals surface area contributed by atoms with Crippen LogP contribution in [0.15, 0.2) is 41.5 Å². The number of alkyl halides is 2. The van der Waals surface area contributed by atoms with Crippen LogP contribution < -0.4 is 10.5 Å². The Labute approximate surface area is 138 Å². The Hall–Kier alpha value is -2.21. The third kappa shape index (κ3) is 4.39. The van der Waals surface area contributed by atoms with Crippen molar-refractivity contribution in [3.8, 4) is 5.88 Å². The predicted molar refractivity (Wildman–Crippen MR) is 86.2 cm³/mol. The number of ether oxygens (including phenoxy) is 1. The van der Waals surface area contributed by atoms with Gasteiger partial charge in [-0.2, -0.15) is 0 Å². The fourth-order valence-corrected chi connectivity index (χ4v) is 2.13. The molecule has 0 aliphatic rings. The van der Waals surface area contributed by atoms with Crippen LogP contribution in [0.3, 0.4) is 0 Å². The summed E-state index contributed by atoms with van der Waals surface area (Å²) in [6.07, 6.45) is 1.50. The summed E-state index contributed by atoms with van der Waals surface area (Å²) < 4.78 is 31.3. The van der Waals surface area contributed by atoms with Crippen molar-refractivity contribution in [3.63, 3.8) is 0 Å². The zero-order valence-corrected chi connectivity index (χ0v) is 13.4. The number of aromatic nitrogens is 1. The second-order valence-electron chi connectivity index (χ2n) is 5.00. The van der Waals surface area contributed by atoms with Crippen molar-refractivity contribution >= 4 is 17.4 Å². The normalized spacial score (nSPS) is 12.3. The average Bonchev–Trinajstić information content (AvgIpc) is 2.52. The van der Waals surface area contributed by atoms with Crippen molar-refractivity contribution in [3.05, 3.63) is 58.2 Å². The molecule has 1 heterocycles. The van der Waals surface area contributed by atoms with E-state index in [-0.39, 0.29) is 17.9 Å². The lowest BCUT2D eigenvalue weighted by Gasteiger charge is -2.10. The number of nitrogens with zero attached hydrogens (tertiary/aromatic N) is 2. The lowest BCUT2D eigenvalue weighted by molar-refractivity contribution is 0.0174. The average molecular weight is 340 g/mol. The van der Waals surface area contributed by atoms with Crippen LogP contribution in [-0.4, -0.2) is 17.9 Å². The summed E-state index contributed by atoms with van der Waals surface area (Å²) in [6.45, 7) is 1.13. The van der Waals surface area contributed by atoms with Gasteiger partial charge in [-0.25, -0.2) is 13.8 Å². The Kier molecular flexibility index (Phi) is 5.15. The molecular formula is C16H16ClF2N3O. The van der Waals surface area contributed by atoms with Gasteiger partial charge in [0.25, 0.3) is 5.92 Å². The third-order valence-electron chi connectivity index (χ3n) is 3.19. The molecule has 0 radical (unpaired) electrons. The SMILES string of the molecule is COc1ncc(C(N)=NCc2ccc(C(C)(F)F)cc2)cc1Cl. The summed E-state index contributed by atoms with van der Waals surface area (Å²) >= 11 is 5.98. The van der Waals surface area contributed by atoms with E-state index in [2.05, 4.69) is 9.98 Å². The van der Waals surface area contributed by atoms with E-state index in [0.29, 0.717) is 16.5 Å². The van der Waals surface area contributed by atoms with Gasteiger partial charge >= 0.3 is 0 Å². The van der Waals surface area contributed by atoms with Crippen LogP contribution in [0.5, 0.6) is 5.88 Å². The number of amidine groups is 1. The van der Waals surface area contributed by atoms with Gasteiger partial charge in [-0.3, -0.25) is 4.99 Å². The maximum atomic E-state index is 13.1. The van der Waals surface area contributed by atoms with Crippen molar-refractivity contribution in [1.82, 2.24) is 4.98 Å². The lowest BCUT2D eigenvalue weighted by atomic mass is 10.1. The van der Waals surface area contributed by atoms with E-state index in [4.69, 9.17) is 22.1 Å². The Morgan fingerprint density at radius 2 is 2.00 bits per heavy atom. The number of hydrogen-bond acceptors (Lipinski definition) is 3. The number of pyridine rings is 1. The molecule has 0 amide bonds. The summed E-state index contributed by atoms with van der Waals surface area (Å²) in [5, 5.41) is 0.331. The molecule has 0 saturated carbocycles. The van der Waals surface area contributed by atoms with E-state index in [0.717, 1.165) is 12.5 Å². The van der Waals surface area contributed by atoms with Crippen molar-refractivity contribution in [2.45, 2.75) is 19.4 Å². The molecule has 1 aromatic carbocycles. The highest BCUT2D eigenvalue weighted by Gasteiger charge is 2.23. The highest BCUT2D eigenvalue weighted by Crippen LogP contribution is 2.27. The van der Waals surface area contributed by atoms with E-state index < -0.39 is 5.92 Å². The monoisotopic (exact) mass is 339 g/mol. The molecule has 2 N–H and O–H groups in total. The standard InChI is InChI=1S/C16H16ClF2N3O/c1-16(18,19)12-5-3-10(4-6-12)8-21-14(20)11-7-13(17)15(23-2)22-9-11/h3-7,9H,8H2,1-2H3,(H2,20,21). The maximum Gasteiger partial charge on any atom is 0.270 e. The van der Waals surface area contributed by atoms with Gasteiger partial charge in [-0.15, -0.1) is 0 Å². The first-order chi connectivity index (χ1) is 10.8. The van der Waals surface area contributed by atoms with Crippen LogP contribution in [0, 0.1) is 0 Å². The topological polar surface area (TPSA) is 60.5 Å². The molecule has 0 atom stereocenters. The summed E-state index contributed by atoms with van der Waals surface area (Å²) in [5.41, 5.74) is 7.19. The van der Waals surface area contributed by atoms with Crippen molar-refractivity contribution < 1.29 is 13.5 Å². The minimum absolute atomic E-state index is 0.0377. The molecule has 23 heavy (non-hydrogen) atoms. The van der Waals surface area contributed by atoms with Crippen molar-refractivity contribution in [2.24, 2.45) is 10.7 Å². The first-order valence-electron chi connectivity index (χ1n) is 6.78. The van der Waals surface area contributed by atoms with Crippen LogP contribution in [0.1, 0.15) is 23.6 Å². The zero-order valence-electron chi connectivity index (χ0n) is 12.7. The molecule has 0 spiro atoms. The van der Waals surface area contributed by atoms with Gasteiger partial charge in [-0.05, 0) is 11.6 Å². The molecule has 0 saturated heterocycles. The van der Waals surface area contributed by atoms with Gasteiger partial charge in [0.1, 0.15) is 10.9 Å².